The maximum Gasteiger partial charge on any atom is 0.323 e. The van der Waals surface area contributed by atoms with E-state index in [2.05, 4.69) is 47.2 Å². The molecule has 3 nitrogen and oxygen atoms in total. The van der Waals surface area contributed by atoms with Crippen LogP contribution < -0.4 is 5.69 Å². The zero-order chi connectivity index (χ0) is 14.4. The molecule has 1 aliphatic rings. The van der Waals surface area contributed by atoms with E-state index in [9.17, 15) is 4.79 Å². The van der Waals surface area contributed by atoms with Crippen LogP contribution in [0.5, 0.6) is 0 Å². The van der Waals surface area contributed by atoms with Crippen molar-refractivity contribution in [3.63, 3.8) is 0 Å². The predicted octanol–water partition coefficient (Wildman–Crippen LogP) is 3.96. The van der Waals surface area contributed by atoms with Crippen molar-refractivity contribution in [3.05, 3.63) is 58.0 Å². The number of benzene rings is 2. The number of hydrogen-bond acceptors (Lipinski definition) is 1. The molecule has 0 aliphatic heterocycles. The van der Waals surface area contributed by atoms with Gasteiger partial charge in [0.25, 0.3) is 0 Å². The molecule has 3 heteroatoms. The summed E-state index contributed by atoms with van der Waals surface area (Å²) in [5.74, 6) is 0.715. The third-order valence-electron chi connectivity index (χ3n) is 4.39. The van der Waals surface area contributed by atoms with E-state index in [1.165, 1.54) is 35.1 Å². The third kappa shape index (κ3) is 2.09. The first-order valence-electron chi connectivity index (χ1n) is 7.60. The van der Waals surface area contributed by atoms with Gasteiger partial charge in [-0.2, -0.15) is 0 Å². The number of nitrogens with one attached hydrogen (secondary N) is 2. The summed E-state index contributed by atoms with van der Waals surface area (Å²) >= 11 is 0. The van der Waals surface area contributed by atoms with Gasteiger partial charge in [-0.25, -0.2) is 4.79 Å². The maximum atomic E-state index is 11.4. The second-order valence-corrected chi connectivity index (χ2v) is 5.85. The van der Waals surface area contributed by atoms with Gasteiger partial charge in [0.05, 0.1) is 11.0 Å². The van der Waals surface area contributed by atoms with Crippen LogP contribution in [0.25, 0.3) is 22.2 Å². The van der Waals surface area contributed by atoms with Crippen molar-refractivity contribution >= 4 is 11.0 Å². The van der Waals surface area contributed by atoms with Gasteiger partial charge < -0.3 is 9.97 Å². The van der Waals surface area contributed by atoms with E-state index >= 15 is 0 Å². The number of aromatic nitrogens is 2. The van der Waals surface area contributed by atoms with E-state index in [4.69, 9.17) is 0 Å². The monoisotopic (exact) mass is 278 g/mol. The summed E-state index contributed by atoms with van der Waals surface area (Å²) in [4.78, 5) is 17.1. The molecule has 1 heterocycles. The van der Waals surface area contributed by atoms with E-state index in [1.807, 2.05) is 6.07 Å². The van der Waals surface area contributed by atoms with Crippen molar-refractivity contribution in [2.24, 2.45) is 0 Å². The summed E-state index contributed by atoms with van der Waals surface area (Å²) in [5, 5.41) is 0. The van der Waals surface area contributed by atoms with Gasteiger partial charge in [-0.3, -0.25) is 0 Å². The Morgan fingerprint density at radius 1 is 1.10 bits per heavy atom. The number of fused-ring (bicyclic) bond motifs is 1. The van der Waals surface area contributed by atoms with E-state index in [0.29, 0.717) is 5.92 Å². The van der Waals surface area contributed by atoms with Crippen LogP contribution in [-0.2, 0) is 6.42 Å². The number of imidazole rings is 1. The highest BCUT2D eigenvalue weighted by molar-refractivity contribution is 5.83. The molecule has 2 N–H and O–H groups in total. The molecular formula is C18H18N2O. The zero-order valence-electron chi connectivity index (χ0n) is 12.1. The number of H-pyrrole nitrogens is 2. The molecule has 4 rings (SSSR count). The van der Waals surface area contributed by atoms with Crippen LogP contribution in [0, 0.1) is 0 Å². The smallest absolute Gasteiger partial charge is 0.306 e. The van der Waals surface area contributed by atoms with Gasteiger partial charge in [-0.1, -0.05) is 31.2 Å². The standard InChI is InChI=1S/C18H18N2O/c1-2-11-4-3-5-14(12-6-7-12)17(11)13-8-9-15-16(10-13)20-18(21)19-15/h3-5,8-10,12H,2,6-7H2,1H3,(H2,19,20,21). The molecule has 0 unspecified atom stereocenters. The molecule has 1 fully saturated rings. The lowest BCUT2D eigenvalue weighted by Crippen LogP contribution is -1.99. The molecule has 106 valence electrons. The van der Waals surface area contributed by atoms with Crippen molar-refractivity contribution in [3.8, 4) is 11.1 Å². The molecule has 3 aromatic rings. The molecule has 0 amide bonds. The SMILES string of the molecule is CCc1cccc(C2CC2)c1-c1ccc2[nH]c(=O)[nH]c2c1. The second kappa shape index (κ2) is 4.62. The Hall–Kier alpha value is -2.29. The lowest BCUT2D eigenvalue weighted by molar-refractivity contribution is 1.08. The Balaban J connectivity index is 1.96. The summed E-state index contributed by atoms with van der Waals surface area (Å²) in [5.41, 5.74) is 7.02. The maximum absolute atomic E-state index is 11.4. The van der Waals surface area contributed by atoms with Gasteiger partial charge in [-0.05, 0) is 59.6 Å². The van der Waals surface area contributed by atoms with E-state index in [-0.39, 0.29) is 5.69 Å². The van der Waals surface area contributed by atoms with Gasteiger partial charge in [0.1, 0.15) is 0 Å². The molecule has 1 aliphatic carbocycles. The fraction of sp³-hybridized carbons (Fsp3) is 0.278. The summed E-state index contributed by atoms with van der Waals surface area (Å²) in [6, 6.07) is 12.8. The first-order valence-corrected chi connectivity index (χ1v) is 7.60. The highest BCUT2D eigenvalue weighted by Crippen LogP contribution is 2.45. The van der Waals surface area contributed by atoms with Crippen LogP contribution in [0.1, 0.15) is 36.8 Å². The van der Waals surface area contributed by atoms with Gasteiger partial charge in [0, 0.05) is 0 Å². The second-order valence-electron chi connectivity index (χ2n) is 5.85. The Bertz CT molecular complexity index is 868. The average molecular weight is 278 g/mol. The van der Waals surface area contributed by atoms with Crippen molar-refractivity contribution in [2.75, 3.05) is 0 Å². The minimum atomic E-state index is -0.145. The topological polar surface area (TPSA) is 48.6 Å². The minimum absolute atomic E-state index is 0.145. The minimum Gasteiger partial charge on any atom is -0.306 e. The highest BCUT2D eigenvalue weighted by atomic mass is 16.1. The molecule has 2 aromatic carbocycles. The summed E-state index contributed by atoms with van der Waals surface area (Å²) in [6.45, 7) is 2.20. The molecule has 0 atom stereocenters. The first-order chi connectivity index (χ1) is 10.3. The lowest BCUT2D eigenvalue weighted by Gasteiger charge is -2.14. The predicted molar refractivity (Wildman–Crippen MR) is 85.7 cm³/mol. The van der Waals surface area contributed by atoms with Crippen LogP contribution in [0.4, 0.5) is 0 Å². The van der Waals surface area contributed by atoms with Gasteiger partial charge in [-0.15, -0.1) is 0 Å². The van der Waals surface area contributed by atoms with Gasteiger partial charge >= 0.3 is 5.69 Å². The lowest BCUT2D eigenvalue weighted by atomic mass is 9.91. The summed E-state index contributed by atoms with van der Waals surface area (Å²) in [6.07, 6.45) is 3.62. The van der Waals surface area contributed by atoms with Crippen LogP contribution in [-0.4, -0.2) is 9.97 Å². The fourth-order valence-electron chi connectivity index (χ4n) is 3.19. The molecule has 0 spiro atoms. The van der Waals surface area contributed by atoms with Crippen LogP contribution in [0.2, 0.25) is 0 Å². The summed E-state index contributed by atoms with van der Waals surface area (Å²) in [7, 11) is 0. The normalized spacial score (nSPS) is 14.7. The average Bonchev–Trinajstić information content (AvgIpc) is 3.27. The third-order valence-corrected chi connectivity index (χ3v) is 4.39. The van der Waals surface area contributed by atoms with Crippen LogP contribution in [0.3, 0.4) is 0 Å². The van der Waals surface area contributed by atoms with E-state index in [0.717, 1.165) is 17.5 Å². The van der Waals surface area contributed by atoms with Crippen molar-refractivity contribution in [1.29, 1.82) is 0 Å². The molecule has 0 radical (unpaired) electrons. The number of hydrogen-bond donors (Lipinski definition) is 2. The van der Waals surface area contributed by atoms with Crippen molar-refractivity contribution in [2.45, 2.75) is 32.1 Å². The molecule has 1 aromatic heterocycles. The molecule has 21 heavy (non-hydrogen) atoms. The van der Waals surface area contributed by atoms with Crippen molar-refractivity contribution < 1.29 is 0 Å². The van der Waals surface area contributed by atoms with Gasteiger partial charge in [0.15, 0.2) is 0 Å². The molecular weight excluding hydrogens is 260 g/mol. The first kappa shape index (κ1) is 12.5. The zero-order valence-corrected chi connectivity index (χ0v) is 12.1. The molecule has 1 saturated carbocycles. The molecule has 0 saturated heterocycles. The Morgan fingerprint density at radius 3 is 2.67 bits per heavy atom. The van der Waals surface area contributed by atoms with E-state index in [1.54, 1.807) is 0 Å². The fourth-order valence-corrected chi connectivity index (χ4v) is 3.19. The Labute approximate surface area is 123 Å². The quantitative estimate of drug-likeness (QED) is 0.748. The Morgan fingerprint density at radius 2 is 1.90 bits per heavy atom. The Kier molecular flexibility index (Phi) is 2.74. The van der Waals surface area contributed by atoms with Crippen LogP contribution >= 0.6 is 0 Å². The number of aryl methyl sites for hydroxylation is 1. The van der Waals surface area contributed by atoms with Gasteiger partial charge in [0.2, 0.25) is 0 Å². The van der Waals surface area contributed by atoms with Crippen LogP contribution in [0.15, 0.2) is 41.2 Å². The summed E-state index contributed by atoms with van der Waals surface area (Å²) < 4.78 is 0. The molecule has 0 bridgehead atoms. The number of aromatic amines is 2. The number of rotatable bonds is 3. The highest BCUT2D eigenvalue weighted by Gasteiger charge is 2.27. The van der Waals surface area contributed by atoms with E-state index < -0.39 is 0 Å². The van der Waals surface area contributed by atoms with Crippen molar-refractivity contribution in [1.82, 2.24) is 9.97 Å². The largest absolute Gasteiger partial charge is 0.323 e.